The zero-order valence-electron chi connectivity index (χ0n) is 17.6. The largest absolute Gasteiger partial charge is 0.464 e. The van der Waals surface area contributed by atoms with Crippen LogP contribution in [0.15, 0.2) is 42.2 Å². The monoisotopic (exact) mass is 435 g/mol. The molecule has 2 N–H and O–H groups in total. The third-order valence-corrected chi connectivity index (χ3v) is 5.30. The number of aliphatic hydroxyl groups excluding tert-OH is 1. The fraction of sp³-hybridized carbons (Fsp3) is 0.348. The molecule has 0 heterocycles. The summed E-state index contributed by atoms with van der Waals surface area (Å²) in [6.07, 6.45) is 2.22. The van der Waals surface area contributed by atoms with Gasteiger partial charge in [0.05, 0.1) is 12.4 Å². The molecule has 0 aliphatic carbocycles. The fourth-order valence-electron chi connectivity index (χ4n) is 3.15. The summed E-state index contributed by atoms with van der Waals surface area (Å²) < 4.78 is 33.1. The molecule has 2 unspecified atom stereocenters. The first kappa shape index (κ1) is 24.0. The van der Waals surface area contributed by atoms with Crippen molar-refractivity contribution in [1.29, 1.82) is 0 Å². The smallest absolute Gasteiger partial charge is 0.283 e. The van der Waals surface area contributed by atoms with Crippen molar-refractivity contribution in [1.82, 2.24) is 5.32 Å². The van der Waals surface area contributed by atoms with Gasteiger partial charge in [-0.1, -0.05) is 40.4 Å². The van der Waals surface area contributed by atoms with Crippen LogP contribution in [0.2, 0.25) is 0 Å². The van der Waals surface area contributed by atoms with Crippen molar-refractivity contribution < 1.29 is 23.4 Å². The van der Waals surface area contributed by atoms with E-state index >= 15 is 0 Å². The van der Waals surface area contributed by atoms with Crippen LogP contribution < -0.4 is 10.1 Å². The maximum Gasteiger partial charge on any atom is 0.283 e. The lowest BCUT2D eigenvalue weighted by atomic mass is 9.90. The lowest BCUT2D eigenvalue weighted by Gasteiger charge is -2.22. The molecule has 0 aromatic heterocycles. The second-order valence-electron chi connectivity index (χ2n) is 7.26. The molecule has 2 aromatic rings. The number of alkyl halides is 2. The molecule has 2 rings (SSSR count). The van der Waals surface area contributed by atoms with Crippen molar-refractivity contribution >= 4 is 15.6 Å². The Morgan fingerprint density at radius 1 is 1.33 bits per heavy atom. The van der Waals surface area contributed by atoms with Crippen LogP contribution in [0.4, 0.5) is 8.78 Å². The number of aliphatic hydroxyl groups is 1. The molecule has 0 spiro atoms. The number of nitrogens with one attached hydrogen (secondary N) is 1. The van der Waals surface area contributed by atoms with E-state index in [1.165, 1.54) is 21.4 Å². The number of hydrogen-bond donors (Lipinski definition) is 2. The summed E-state index contributed by atoms with van der Waals surface area (Å²) >= 11 is 0. The van der Waals surface area contributed by atoms with Crippen LogP contribution in [0.1, 0.15) is 55.5 Å². The van der Waals surface area contributed by atoms with Gasteiger partial charge in [0.1, 0.15) is 5.75 Å². The Labute approximate surface area is 178 Å². The quantitative estimate of drug-likeness (QED) is 0.307. The second-order valence-corrected chi connectivity index (χ2v) is 7.99. The standard InChI is InChI=1S/C23H28F2NO3P/c1-5-14(2)12-29-22-15(3)20(10-18(11-26-13-27)21(22)16(4)28)17-6-8-19(9-7-17)23(24,25)30/h6-10,12-13,16,28H,5,11,30H2,1-4H3,(H,26,27)/b14-12+. The van der Waals surface area contributed by atoms with Gasteiger partial charge in [-0.2, -0.15) is 8.78 Å². The summed E-state index contributed by atoms with van der Waals surface area (Å²) in [7, 11) is 1.53. The Balaban J connectivity index is 2.69. The van der Waals surface area contributed by atoms with Gasteiger partial charge in [-0.15, -0.1) is 0 Å². The van der Waals surface area contributed by atoms with Crippen LogP contribution in [-0.4, -0.2) is 11.5 Å². The molecule has 0 aliphatic rings. The van der Waals surface area contributed by atoms with Gasteiger partial charge in [-0.3, -0.25) is 4.79 Å². The van der Waals surface area contributed by atoms with Gasteiger partial charge in [0.2, 0.25) is 6.41 Å². The first-order valence-electron chi connectivity index (χ1n) is 9.71. The number of allylic oxidation sites excluding steroid dienone is 1. The summed E-state index contributed by atoms with van der Waals surface area (Å²) in [5, 5.41) is 13.0. The molecule has 0 saturated heterocycles. The lowest BCUT2D eigenvalue weighted by molar-refractivity contribution is -0.109. The average molecular weight is 435 g/mol. The van der Waals surface area contributed by atoms with E-state index in [-0.39, 0.29) is 12.1 Å². The molecule has 162 valence electrons. The van der Waals surface area contributed by atoms with E-state index in [0.29, 0.717) is 23.3 Å². The number of carbonyl (C=O) groups is 1. The van der Waals surface area contributed by atoms with Gasteiger partial charge >= 0.3 is 0 Å². The predicted octanol–water partition coefficient (Wildman–Crippen LogP) is 5.58. The maximum absolute atomic E-state index is 13.6. The minimum Gasteiger partial charge on any atom is -0.464 e. The van der Waals surface area contributed by atoms with Crippen molar-refractivity contribution in [3.05, 3.63) is 64.4 Å². The molecule has 4 nitrogen and oxygen atoms in total. The molecule has 0 saturated carbocycles. The SMILES string of the molecule is CC/C(C)=C/Oc1c(C)c(-c2ccc(C(F)(F)P)cc2)cc(CNC=O)c1C(C)O. The molecule has 2 atom stereocenters. The number of halogens is 2. The topological polar surface area (TPSA) is 58.6 Å². The first-order chi connectivity index (χ1) is 14.1. The van der Waals surface area contributed by atoms with Crippen molar-refractivity contribution in [3.8, 4) is 16.9 Å². The highest BCUT2D eigenvalue weighted by Gasteiger charge is 2.25. The predicted molar refractivity (Wildman–Crippen MR) is 118 cm³/mol. The number of benzene rings is 2. The molecule has 0 aliphatic heterocycles. The number of carbonyl (C=O) groups excluding carboxylic acids is 1. The lowest BCUT2D eigenvalue weighted by Crippen LogP contribution is -2.14. The molecule has 7 heteroatoms. The first-order valence-corrected chi connectivity index (χ1v) is 10.3. The van der Waals surface area contributed by atoms with Crippen molar-refractivity contribution in [2.75, 3.05) is 0 Å². The number of rotatable bonds is 9. The zero-order chi connectivity index (χ0) is 22.5. The minimum atomic E-state index is -3.00. The van der Waals surface area contributed by atoms with E-state index in [1.54, 1.807) is 25.3 Å². The summed E-state index contributed by atoms with van der Waals surface area (Å²) in [6, 6.07) is 7.88. The maximum atomic E-state index is 13.6. The van der Waals surface area contributed by atoms with Gasteiger partial charge in [0.25, 0.3) is 5.66 Å². The van der Waals surface area contributed by atoms with E-state index in [9.17, 15) is 18.7 Å². The highest BCUT2D eigenvalue weighted by molar-refractivity contribution is 7.17. The van der Waals surface area contributed by atoms with Gasteiger partial charge in [-0.25, -0.2) is 0 Å². The van der Waals surface area contributed by atoms with Crippen molar-refractivity contribution in [2.45, 2.75) is 52.4 Å². The summed E-state index contributed by atoms with van der Waals surface area (Å²) in [5.41, 5.74) is 1.47. The second kappa shape index (κ2) is 10.1. The highest BCUT2D eigenvalue weighted by atomic mass is 31.0. The third-order valence-electron chi connectivity index (χ3n) is 4.96. The summed E-state index contributed by atoms with van der Waals surface area (Å²) in [5.74, 6) is 0.499. The number of hydrogen-bond acceptors (Lipinski definition) is 3. The Morgan fingerprint density at radius 3 is 2.47 bits per heavy atom. The Morgan fingerprint density at radius 2 is 1.97 bits per heavy atom. The van der Waals surface area contributed by atoms with E-state index < -0.39 is 11.8 Å². The summed E-state index contributed by atoms with van der Waals surface area (Å²) in [6.45, 7) is 7.65. The van der Waals surface area contributed by atoms with E-state index in [0.717, 1.165) is 28.7 Å². The summed E-state index contributed by atoms with van der Waals surface area (Å²) in [4.78, 5) is 10.9. The molecule has 1 amide bonds. The van der Waals surface area contributed by atoms with E-state index in [2.05, 4.69) is 5.32 Å². The molecule has 0 radical (unpaired) electrons. The van der Waals surface area contributed by atoms with Crippen LogP contribution in [-0.2, 0) is 17.0 Å². The van der Waals surface area contributed by atoms with Crippen molar-refractivity contribution in [2.24, 2.45) is 0 Å². The molecule has 2 aromatic carbocycles. The van der Waals surface area contributed by atoms with Gasteiger partial charge in [0, 0.05) is 17.7 Å². The molecule has 30 heavy (non-hydrogen) atoms. The number of amides is 1. The number of ether oxygens (including phenoxy) is 1. The van der Waals surface area contributed by atoms with Crippen LogP contribution in [0.25, 0.3) is 11.1 Å². The molecule has 0 bridgehead atoms. The van der Waals surface area contributed by atoms with Crippen LogP contribution in [0.3, 0.4) is 0 Å². The molecular formula is C23H28F2NO3P. The van der Waals surface area contributed by atoms with Crippen LogP contribution in [0.5, 0.6) is 5.75 Å². The Hall–Kier alpha value is -2.30. The third kappa shape index (κ3) is 5.65. The Bertz CT molecular complexity index is 920. The van der Waals surface area contributed by atoms with E-state index in [1.807, 2.05) is 26.8 Å². The molecular weight excluding hydrogens is 407 g/mol. The van der Waals surface area contributed by atoms with Gasteiger partial charge < -0.3 is 15.2 Å². The Kier molecular flexibility index (Phi) is 8.10. The minimum absolute atomic E-state index is 0.102. The van der Waals surface area contributed by atoms with Gasteiger partial charge in [0.15, 0.2) is 0 Å². The zero-order valence-corrected chi connectivity index (χ0v) is 18.8. The van der Waals surface area contributed by atoms with Crippen LogP contribution >= 0.6 is 9.24 Å². The molecule has 0 fully saturated rings. The normalized spacial score (nSPS) is 13.1. The average Bonchev–Trinajstić information content (AvgIpc) is 2.70. The van der Waals surface area contributed by atoms with Crippen molar-refractivity contribution in [3.63, 3.8) is 0 Å². The highest BCUT2D eigenvalue weighted by Crippen LogP contribution is 2.41. The van der Waals surface area contributed by atoms with E-state index in [4.69, 9.17) is 4.74 Å². The van der Waals surface area contributed by atoms with Crippen LogP contribution in [0, 0.1) is 6.92 Å². The van der Waals surface area contributed by atoms with Gasteiger partial charge in [-0.05, 0) is 61.1 Å². The fourth-order valence-corrected chi connectivity index (χ4v) is 3.35.